The molecule has 7 atom stereocenters. The average Bonchev–Trinajstić information content (AvgIpc) is 2.56. The van der Waals surface area contributed by atoms with Gasteiger partial charge in [-0.2, -0.15) is 0 Å². The summed E-state index contributed by atoms with van der Waals surface area (Å²) in [4.78, 5) is 0. The van der Waals surface area contributed by atoms with Crippen molar-refractivity contribution in [3.05, 3.63) is 0 Å². The molecule has 1 aliphatic heterocycles. The highest BCUT2D eigenvalue weighted by Crippen LogP contribution is 2.45. The minimum atomic E-state index is -0.258. The third-order valence-electron chi connectivity index (χ3n) is 6.77. The molecule has 0 amide bonds. The molecule has 0 aromatic heterocycles. The summed E-state index contributed by atoms with van der Waals surface area (Å²) in [5.74, 6) is 3.11. The summed E-state index contributed by atoms with van der Waals surface area (Å²) in [6, 6.07) is 0. The Hall–Kier alpha value is 0.170. The Morgan fingerprint density at radius 1 is 1.00 bits per heavy atom. The van der Waals surface area contributed by atoms with Gasteiger partial charge in [0.25, 0.3) is 0 Å². The lowest BCUT2D eigenvalue weighted by Crippen LogP contribution is -2.47. The zero-order valence-corrected chi connectivity index (χ0v) is 14.5. The number of rotatable bonds is 4. The van der Waals surface area contributed by atoms with Crippen molar-refractivity contribution in [2.75, 3.05) is 13.1 Å². The summed E-state index contributed by atoms with van der Waals surface area (Å²) in [6.07, 6.45) is 11.4. The number of alkyl halides is 1. The molecule has 0 aromatic carbocycles. The Kier molecular flexibility index (Phi) is 6.05. The maximum atomic E-state index is 10.9. The molecule has 3 aliphatic rings. The molecule has 3 nitrogen and oxygen atoms in total. The lowest BCUT2D eigenvalue weighted by Gasteiger charge is -2.44. The van der Waals surface area contributed by atoms with Crippen molar-refractivity contribution in [1.82, 2.24) is 5.32 Å². The monoisotopic (exact) mass is 328 g/mol. The van der Waals surface area contributed by atoms with Crippen LogP contribution in [0.15, 0.2) is 0 Å². The van der Waals surface area contributed by atoms with Gasteiger partial charge in [0.05, 0.1) is 11.6 Å². The van der Waals surface area contributed by atoms with Crippen LogP contribution in [-0.2, 0) is 0 Å². The van der Waals surface area contributed by atoms with E-state index in [9.17, 15) is 5.11 Å². The zero-order valence-electron chi connectivity index (χ0n) is 13.7. The second-order valence-corrected chi connectivity index (χ2v) is 8.51. The molecule has 1 heterocycles. The first-order valence-electron chi connectivity index (χ1n) is 9.44. The number of hydrogen-bond donors (Lipinski definition) is 3. The first-order valence-corrected chi connectivity index (χ1v) is 9.88. The normalized spacial score (nSPS) is 42.4. The predicted octanol–water partition coefficient (Wildman–Crippen LogP) is 3.09. The molecule has 3 rings (SSSR count). The molecular weight excluding hydrogens is 296 g/mol. The number of hydrogen-bond acceptors (Lipinski definition) is 3. The molecule has 0 aromatic rings. The Labute approximate surface area is 140 Å². The predicted molar refractivity (Wildman–Crippen MR) is 91.7 cm³/mol. The van der Waals surface area contributed by atoms with E-state index >= 15 is 0 Å². The summed E-state index contributed by atoms with van der Waals surface area (Å²) in [5.41, 5.74) is 6.18. The van der Waals surface area contributed by atoms with Crippen LogP contribution in [0.4, 0.5) is 0 Å². The highest BCUT2D eigenvalue weighted by atomic mass is 35.5. The van der Waals surface area contributed by atoms with Crippen molar-refractivity contribution in [3.63, 3.8) is 0 Å². The number of fused-ring (bicyclic) bond motifs is 1. The number of aliphatic hydroxyl groups is 1. The Morgan fingerprint density at radius 2 is 1.73 bits per heavy atom. The van der Waals surface area contributed by atoms with E-state index in [1.807, 2.05) is 0 Å². The van der Waals surface area contributed by atoms with Gasteiger partial charge in [-0.1, -0.05) is 25.7 Å². The van der Waals surface area contributed by atoms with Gasteiger partial charge < -0.3 is 16.2 Å². The van der Waals surface area contributed by atoms with Crippen LogP contribution in [0, 0.1) is 29.6 Å². The van der Waals surface area contributed by atoms with E-state index in [4.69, 9.17) is 17.3 Å². The maximum absolute atomic E-state index is 10.9. The summed E-state index contributed by atoms with van der Waals surface area (Å²) < 4.78 is 0. The van der Waals surface area contributed by atoms with Gasteiger partial charge in [-0.05, 0) is 62.3 Å². The molecule has 4 heteroatoms. The van der Waals surface area contributed by atoms with Crippen molar-refractivity contribution in [1.29, 1.82) is 0 Å². The molecule has 4 N–H and O–H groups in total. The fourth-order valence-electron chi connectivity index (χ4n) is 5.39. The quantitative estimate of drug-likeness (QED) is 0.549. The highest BCUT2D eigenvalue weighted by molar-refractivity contribution is 6.20. The average molecular weight is 329 g/mol. The number of halogens is 1. The second-order valence-electron chi connectivity index (χ2n) is 7.98. The Bertz CT molecular complexity index is 346. The summed E-state index contributed by atoms with van der Waals surface area (Å²) >= 11 is 6.11. The minimum absolute atomic E-state index is 0.0810. The molecule has 22 heavy (non-hydrogen) atoms. The van der Waals surface area contributed by atoms with Gasteiger partial charge in [0, 0.05) is 12.5 Å². The SMILES string of the molecule is NC[C@@H](C1CCC2CCCCC2C1)[C@@H](O)C1CCC(Cl)NC1. The van der Waals surface area contributed by atoms with Gasteiger partial charge in [-0.3, -0.25) is 0 Å². The van der Waals surface area contributed by atoms with E-state index in [1.54, 1.807) is 0 Å². The molecular formula is C18H33ClN2O. The van der Waals surface area contributed by atoms with Crippen LogP contribution < -0.4 is 11.1 Å². The van der Waals surface area contributed by atoms with Crippen LogP contribution >= 0.6 is 11.6 Å². The molecule has 1 saturated heterocycles. The van der Waals surface area contributed by atoms with Gasteiger partial charge in [-0.15, -0.1) is 11.6 Å². The zero-order chi connectivity index (χ0) is 15.5. The number of nitrogens with one attached hydrogen (secondary N) is 1. The van der Waals surface area contributed by atoms with Crippen molar-refractivity contribution in [3.8, 4) is 0 Å². The third kappa shape index (κ3) is 3.80. The van der Waals surface area contributed by atoms with Gasteiger partial charge >= 0.3 is 0 Å². The smallest absolute Gasteiger partial charge is 0.0825 e. The fourth-order valence-corrected chi connectivity index (χ4v) is 5.61. The van der Waals surface area contributed by atoms with Gasteiger partial charge in [0.1, 0.15) is 0 Å². The second kappa shape index (κ2) is 7.83. The Balaban J connectivity index is 1.58. The van der Waals surface area contributed by atoms with Crippen molar-refractivity contribution >= 4 is 11.6 Å². The van der Waals surface area contributed by atoms with E-state index in [1.165, 1.54) is 44.9 Å². The van der Waals surface area contributed by atoms with Gasteiger partial charge in [0.2, 0.25) is 0 Å². The van der Waals surface area contributed by atoms with E-state index in [-0.39, 0.29) is 17.5 Å². The van der Waals surface area contributed by atoms with Crippen LogP contribution in [-0.4, -0.2) is 29.8 Å². The summed E-state index contributed by atoms with van der Waals surface area (Å²) in [7, 11) is 0. The standard InChI is InChI=1S/C18H33ClN2O/c19-17-8-7-15(11-21-17)18(22)16(10-20)14-6-5-12-3-1-2-4-13(12)9-14/h12-18,21-22H,1-11,20H2/t12?,13?,14?,15?,16-,17?,18-/m0/s1. The van der Waals surface area contributed by atoms with Crippen LogP contribution in [0.3, 0.4) is 0 Å². The lowest BCUT2D eigenvalue weighted by molar-refractivity contribution is -0.00891. The number of aliphatic hydroxyl groups excluding tert-OH is 1. The van der Waals surface area contributed by atoms with Gasteiger partial charge in [-0.25, -0.2) is 0 Å². The number of piperidine rings is 1. The highest BCUT2D eigenvalue weighted by Gasteiger charge is 2.39. The van der Waals surface area contributed by atoms with E-state index in [0.717, 1.165) is 31.2 Å². The fraction of sp³-hybridized carbons (Fsp3) is 1.00. The van der Waals surface area contributed by atoms with E-state index in [0.29, 0.717) is 18.4 Å². The lowest BCUT2D eigenvalue weighted by atomic mass is 9.63. The van der Waals surface area contributed by atoms with Crippen LogP contribution in [0.1, 0.15) is 57.8 Å². The molecule has 0 bridgehead atoms. The first-order chi connectivity index (χ1) is 10.7. The summed E-state index contributed by atoms with van der Waals surface area (Å²) in [6.45, 7) is 1.47. The maximum Gasteiger partial charge on any atom is 0.0825 e. The van der Waals surface area contributed by atoms with Crippen LogP contribution in [0.25, 0.3) is 0 Å². The first kappa shape index (κ1) is 17.0. The molecule has 2 aliphatic carbocycles. The molecule has 5 unspecified atom stereocenters. The molecule has 128 valence electrons. The topological polar surface area (TPSA) is 58.3 Å². The summed E-state index contributed by atoms with van der Waals surface area (Å²) in [5, 5.41) is 14.2. The van der Waals surface area contributed by atoms with Crippen LogP contribution in [0.5, 0.6) is 0 Å². The molecule has 0 spiro atoms. The third-order valence-corrected chi connectivity index (χ3v) is 7.14. The van der Waals surface area contributed by atoms with E-state index in [2.05, 4.69) is 5.32 Å². The van der Waals surface area contributed by atoms with E-state index < -0.39 is 0 Å². The molecule has 0 radical (unpaired) electrons. The van der Waals surface area contributed by atoms with Crippen LogP contribution in [0.2, 0.25) is 0 Å². The van der Waals surface area contributed by atoms with Crippen molar-refractivity contribution in [2.45, 2.75) is 69.4 Å². The molecule has 2 saturated carbocycles. The van der Waals surface area contributed by atoms with Gasteiger partial charge in [0.15, 0.2) is 0 Å². The van der Waals surface area contributed by atoms with Crippen molar-refractivity contribution < 1.29 is 5.11 Å². The van der Waals surface area contributed by atoms with Crippen molar-refractivity contribution in [2.24, 2.45) is 35.3 Å². The molecule has 3 fully saturated rings. The largest absolute Gasteiger partial charge is 0.392 e. The Morgan fingerprint density at radius 3 is 2.41 bits per heavy atom. The number of nitrogens with two attached hydrogens (primary N) is 1. The minimum Gasteiger partial charge on any atom is -0.392 e.